The van der Waals surface area contributed by atoms with Gasteiger partial charge in [-0.3, -0.25) is 9.69 Å². The standard InChI is InChI=1S/C17H25ClN2O3/c1-12(20-7-8-23-11-13(20)2)10-19-17(21)9-14-15(18)5-4-6-16(14)22-3/h4-6,12-13H,7-11H2,1-3H3,(H,19,21)/t12-,13+/m0/s1. The second-order valence-electron chi connectivity index (χ2n) is 5.91. The number of hydrogen-bond acceptors (Lipinski definition) is 4. The van der Waals surface area contributed by atoms with Gasteiger partial charge in [-0.15, -0.1) is 0 Å². The van der Waals surface area contributed by atoms with E-state index in [1.165, 1.54) is 0 Å². The Labute approximate surface area is 142 Å². The third kappa shape index (κ3) is 4.83. The fourth-order valence-corrected chi connectivity index (χ4v) is 3.13. The second kappa shape index (κ2) is 8.52. The summed E-state index contributed by atoms with van der Waals surface area (Å²) < 4.78 is 10.7. The maximum Gasteiger partial charge on any atom is 0.224 e. The van der Waals surface area contributed by atoms with Crippen molar-refractivity contribution in [2.75, 3.05) is 33.4 Å². The first kappa shape index (κ1) is 18.0. The summed E-state index contributed by atoms with van der Waals surface area (Å²) >= 11 is 6.17. The van der Waals surface area contributed by atoms with Crippen molar-refractivity contribution in [2.45, 2.75) is 32.4 Å². The van der Waals surface area contributed by atoms with Gasteiger partial charge in [0.2, 0.25) is 5.91 Å². The van der Waals surface area contributed by atoms with Crippen molar-refractivity contribution in [1.82, 2.24) is 10.2 Å². The number of halogens is 1. The van der Waals surface area contributed by atoms with Crippen molar-refractivity contribution >= 4 is 17.5 Å². The van der Waals surface area contributed by atoms with E-state index in [9.17, 15) is 4.79 Å². The number of ether oxygens (including phenoxy) is 2. The lowest BCUT2D eigenvalue weighted by Gasteiger charge is -2.37. The molecular weight excluding hydrogens is 316 g/mol. The number of carbonyl (C=O) groups excluding carboxylic acids is 1. The van der Waals surface area contributed by atoms with Gasteiger partial charge in [-0.1, -0.05) is 17.7 Å². The molecule has 1 aromatic rings. The molecule has 1 fully saturated rings. The summed E-state index contributed by atoms with van der Waals surface area (Å²) in [6.07, 6.45) is 0.216. The number of nitrogens with one attached hydrogen (secondary N) is 1. The molecule has 5 nitrogen and oxygen atoms in total. The molecule has 0 spiro atoms. The minimum atomic E-state index is -0.0517. The molecule has 1 aliphatic rings. The summed E-state index contributed by atoms with van der Waals surface area (Å²) in [5.41, 5.74) is 0.724. The summed E-state index contributed by atoms with van der Waals surface area (Å²) in [5, 5.41) is 3.54. The fourth-order valence-electron chi connectivity index (χ4n) is 2.90. The van der Waals surface area contributed by atoms with Crippen LogP contribution in [0.4, 0.5) is 0 Å². The zero-order valence-corrected chi connectivity index (χ0v) is 14.7. The third-order valence-electron chi connectivity index (χ3n) is 4.21. The Morgan fingerprint density at radius 1 is 1.57 bits per heavy atom. The quantitative estimate of drug-likeness (QED) is 0.861. The lowest BCUT2D eigenvalue weighted by molar-refractivity contribution is -0.120. The largest absolute Gasteiger partial charge is 0.496 e. The van der Waals surface area contributed by atoms with E-state index in [0.29, 0.717) is 23.4 Å². The van der Waals surface area contributed by atoms with Crippen LogP contribution in [0.5, 0.6) is 5.75 Å². The van der Waals surface area contributed by atoms with Gasteiger partial charge >= 0.3 is 0 Å². The molecule has 0 aromatic heterocycles. The van der Waals surface area contributed by atoms with Crippen LogP contribution in [0, 0.1) is 0 Å². The molecule has 1 aromatic carbocycles. The van der Waals surface area contributed by atoms with Gasteiger partial charge in [0.1, 0.15) is 5.75 Å². The molecule has 128 valence electrons. The number of rotatable bonds is 6. The number of methoxy groups -OCH3 is 1. The van der Waals surface area contributed by atoms with Crippen molar-refractivity contribution in [1.29, 1.82) is 0 Å². The maximum absolute atomic E-state index is 12.2. The summed E-state index contributed by atoms with van der Waals surface area (Å²) in [7, 11) is 1.58. The monoisotopic (exact) mass is 340 g/mol. The third-order valence-corrected chi connectivity index (χ3v) is 4.57. The number of carbonyl (C=O) groups is 1. The van der Waals surface area contributed by atoms with Crippen molar-refractivity contribution in [2.24, 2.45) is 0 Å². The molecule has 1 N–H and O–H groups in total. The average molecular weight is 341 g/mol. The Morgan fingerprint density at radius 2 is 2.35 bits per heavy atom. The van der Waals surface area contributed by atoms with E-state index in [2.05, 4.69) is 24.1 Å². The van der Waals surface area contributed by atoms with Gasteiger partial charge in [0.05, 0.1) is 26.7 Å². The molecule has 1 saturated heterocycles. The molecular formula is C17H25ClN2O3. The molecule has 0 aliphatic carbocycles. The van der Waals surface area contributed by atoms with Crippen LogP contribution in [0.2, 0.25) is 5.02 Å². The van der Waals surface area contributed by atoms with Gasteiger partial charge in [0, 0.05) is 35.8 Å². The molecule has 2 atom stereocenters. The Morgan fingerprint density at radius 3 is 3.04 bits per heavy atom. The molecule has 6 heteroatoms. The zero-order chi connectivity index (χ0) is 16.8. The Balaban J connectivity index is 1.88. The molecule has 1 aliphatic heterocycles. The Bertz CT molecular complexity index is 539. The number of nitrogens with zero attached hydrogens (tertiary/aromatic N) is 1. The van der Waals surface area contributed by atoms with Crippen LogP contribution >= 0.6 is 11.6 Å². The predicted molar refractivity (Wildman–Crippen MR) is 91.2 cm³/mol. The first-order valence-corrected chi connectivity index (χ1v) is 8.32. The number of hydrogen-bond donors (Lipinski definition) is 1. The zero-order valence-electron chi connectivity index (χ0n) is 14.0. The van der Waals surface area contributed by atoms with Crippen LogP contribution in [0.15, 0.2) is 18.2 Å². The highest BCUT2D eigenvalue weighted by Crippen LogP contribution is 2.26. The van der Waals surface area contributed by atoms with Gasteiger partial charge < -0.3 is 14.8 Å². The minimum Gasteiger partial charge on any atom is -0.496 e. The minimum absolute atomic E-state index is 0.0517. The van der Waals surface area contributed by atoms with E-state index in [1.54, 1.807) is 13.2 Å². The smallest absolute Gasteiger partial charge is 0.224 e. The van der Waals surface area contributed by atoms with Gasteiger partial charge in [0.25, 0.3) is 0 Å². The summed E-state index contributed by atoms with van der Waals surface area (Å²) in [5.74, 6) is 0.590. The van der Waals surface area contributed by atoms with Crippen LogP contribution < -0.4 is 10.1 Å². The predicted octanol–water partition coefficient (Wildman–Crippen LogP) is 2.12. The van der Waals surface area contributed by atoms with Crippen molar-refractivity contribution in [3.05, 3.63) is 28.8 Å². The SMILES string of the molecule is COc1cccc(Cl)c1CC(=O)NC[C@H](C)N1CCOC[C@H]1C. The van der Waals surface area contributed by atoms with E-state index in [1.807, 2.05) is 12.1 Å². The van der Waals surface area contributed by atoms with E-state index in [0.717, 1.165) is 25.3 Å². The van der Waals surface area contributed by atoms with Crippen LogP contribution in [0.3, 0.4) is 0 Å². The van der Waals surface area contributed by atoms with Gasteiger partial charge in [-0.2, -0.15) is 0 Å². The van der Waals surface area contributed by atoms with Crippen molar-refractivity contribution in [3.63, 3.8) is 0 Å². The lowest BCUT2D eigenvalue weighted by Crippen LogP contribution is -2.52. The normalized spacial score (nSPS) is 20.1. The fraction of sp³-hybridized carbons (Fsp3) is 0.588. The molecule has 0 saturated carbocycles. The average Bonchev–Trinajstić information content (AvgIpc) is 2.55. The van der Waals surface area contributed by atoms with Gasteiger partial charge in [-0.05, 0) is 26.0 Å². The highest BCUT2D eigenvalue weighted by molar-refractivity contribution is 6.31. The molecule has 23 heavy (non-hydrogen) atoms. The Kier molecular flexibility index (Phi) is 6.69. The van der Waals surface area contributed by atoms with Crippen LogP contribution in [-0.4, -0.2) is 56.3 Å². The number of morpholine rings is 1. The number of amides is 1. The maximum atomic E-state index is 12.2. The summed E-state index contributed by atoms with van der Waals surface area (Å²) in [6.45, 7) is 7.27. The van der Waals surface area contributed by atoms with Gasteiger partial charge in [0.15, 0.2) is 0 Å². The molecule has 1 heterocycles. The van der Waals surface area contributed by atoms with E-state index in [4.69, 9.17) is 21.1 Å². The highest BCUT2D eigenvalue weighted by atomic mass is 35.5. The molecule has 0 bridgehead atoms. The molecule has 1 amide bonds. The molecule has 2 rings (SSSR count). The van der Waals surface area contributed by atoms with Crippen molar-refractivity contribution in [3.8, 4) is 5.75 Å². The van der Waals surface area contributed by atoms with E-state index in [-0.39, 0.29) is 18.4 Å². The van der Waals surface area contributed by atoms with Crippen LogP contribution in [0.25, 0.3) is 0 Å². The van der Waals surface area contributed by atoms with E-state index < -0.39 is 0 Å². The van der Waals surface area contributed by atoms with Crippen molar-refractivity contribution < 1.29 is 14.3 Å². The summed E-state index contributed by atoms with van der Waals surface area (Å²) in [4.78, 5) is 14.6. The van der Waals surface area contributed by atoms with Crippen LogP contribution in [-0.2, 0) is 16.0 Å². The highest BCUT2D eigenvalue weighted by Gasteiger charge is 2.24. The number of benzene rings is 1. The first-order valence-electron chi connectivity index (χ1n) is 7.94. The first-order chi connectivity index (χ1) is 11.0. The molecule has 0 radical (unpaired) electrons. The topological polar surface area (TPSA) is 50.8 Å². The molecule has 0 unspecified atom stereocenters. The Hall–Kier alpha value is -1.30. The second-order valence-corrected chi connectivity index (χ2v) is 6.32. The van der Waals surface area contributed by atoms with Crippen LogP contribution in [0.1, 0.15) is 19.4 Å². The van der Waals surface area contributed by atoms with E-state index >= 15 is 0 Å². The lowest BCUT2D eigenvalue weighted by atomic mass is 10.1. The summed E-state index contributed by atoms with van der Waals surface area (Å²) in [6, 6.07) is 6.03. The van der Waals surface area contributed by atoms with Gasteiger partial charge in [-0.25, -0.2) is 0 Å².